The summed E-state index contributed by atoms with van der Waals surface area (Å²) in [5, 5.41) is 3.28. The van der Waals surface area contributed by atoms with Crippen LogP contribution in [0.5, 0.6) is 0 Å². The van der Waals surface area contributed by atoms with E-state index in [1.54, 1.807) is 0 Å². The second-order valence-electron chi connectivity index (χ2n) is 6.09. The molecule has 2 unspecified atom stereocenters. The average molecular weight is 258 g/mol. The van der Waals surface area contributed by atoms with E-state index in [1.165, 1.54) is 25.7 Å². The Labute approximate surface area is 109 Å². The summed E-state index contributed by atoms with van der Waals surface area (Å²) in [6.45, 7) is 2.27. The number of hydrogen-bond donors (Lipinski definition) is 1. The van der Waals surface area contributed by atoms with Gasteiger partial charge in [-0.3, -0.25) is 4.79 Å². The number of nitrogens with one attached hydrogen (secondary N) is 1. The van der Waals surface area contributed by atoms with Crippen molar-refractivity contribution in [3.8, 4) is 0 Å². The number of amides is 1. The normalized spacial score (nSPS) is 34.8. The highest BCUT2D eigenvalue weighted by Gasteiger charge is 2.37. The monoisotopic (exact) mass is 257 g/mol. The quantitative estimate of drug-likeness (QED) is 0.771. The van der Waals surface area contributed by atoms with Crippen LogP contribution in [0.15, 0.2) is 0 Å². The lowest BCUT2D eigenvalue weighted by Crippen LogP contribution is -2.54. The molecule has 2 fully saturated rings. The van der Waals surface area contributed by atoms with Gasteiger partial charge in [0.15, 0.2) is 0 Å². The molecular formula is C14H24ClNO. The molecule has 17 heavy (non-hydrogen) atoms. The van der Waals surface area contributed by atoms with Crippen LogP contribution < -0.4 is 5.32 Å². The Kier molecular flexibility index (Phi) is 4.35. The number of carbonyl (C=O) groups is 1. The summed E-state index contributed by atoms with van der Waals surface area (Å²) < 4.78 is 0. The molecule has 1 amide bonds. The molecule has 0 aromatic rings. The van der Waals surface area contributed by atoms with E-state index in [2.05, 4.69) is 12.2 Å². The Hall–Kier alpha value is -0.240. The Morgan fingerprint density at radius 3 is 2.59 bits per heavy atom. The molecule has 2 aliphatic carbocycles. The molecule has 0 saturated heterocycles. The van der Waals surface area contributed by atoms with Crippen LogP contribution in [0.25, 0.3) is 0 Å². The zero-order valence-corrected chi connectivity index (χ0v) is 11.6. The number of rotatable bonds is 3. The fourth-order valence-electron chi connectivity index (χ4n) is 3.48. The largest absolute Gasteiger partial charge is 0.349 e. The molecule has 2 atom stereocenters. The number of hydrogen-bond acceptors (Lipinski definition) is 1. The standard InChI is InChI=1S/C14H24ClNO/c1-11-5-4-8-14(9-11,10-15)16-13(17)12-6-2-3-7-12/h11-12H,2-10H2,1H3,(H,16,17). The van der Waals surface area contributed by atoms with Gasteiger partial charge in [-0.2, -0.15) is 0 Å². The van der Waals surface area contributed by atoms with E-state index in [1.807, 2.05) is 0 Å². The fraction of sp³-hybridized carbons (Fsp3) is 0.929. The van der Waals surface area contributed by atoms with Crippen molar-refractivity contribution in [1.29, 1.82) is 0 Å². The molecule has 3 heteroatoms. The summed E-state index contributed by atoms with van der Waals surface area (Å²) in [5.74, 6) is 1.77. The third-order valence-electron chi connectivity index (χ3n) is 4.46. The van der Waals surface area contributed by atoms with E-state index in [4.69, 9.17) is 11.6 Å². The van der Waals surface area contributed by atoms with E-state index >= 15 is 0 Å². The minimum atomic E-state index is -0.112. The van der Waals surface area contributed by atoms with Crippen molar-refractivity contribution in [2.24, 2.45) is 11.8 Å². The van der Waals surface area contributed by atoms with Crippen LogP contribution in [0.4, 0.5) is 0 Å². The topological polar surface area (TPSA) is 29.1 Å². The van der Waals surface area contributed by atoms with Gasteiger partial charge in [0, 0.05) is 11.8 Å². The minimum Gasteiger partial charge on any atom is -0.349 e. The number of alkyl halides is 1. The smallest absolute Gasteiger partial charge is 0.223 e. The second-order valence-corrected chi connectivity index (χ2v) is 6.35. The van der Waals surface area contributed by atoms with Gasteiger partial charge < -0.3 is 5.32 Å². The van der Waals surface area contributed by atoms with Crippen LogP contribution in [0, 0.1) is 11.8 Å². The zero-order valence-electron chi connectivity index (χ0n) is 10.8. The van der Waals surface area contributed by atoms with Gasteiger partial charge in [0.1, 0.15) is 0 Å². The van der Waals surface area contributed by atoms with Crippen molar-refractivity contribution in [2.75, 3.05) is 5.88 Å². The highest BCUT2D eigenvalue weighted by molar-refractivity contribution is 6.18. The summed E-state index contributed by atoms with van der Waals surface area (Å²) in [7, 11) is 0. The highest BCUT2D eigenvalue weighted by atomic mass is 35.5. The molecule has 98 valence electrons. The molecule has 0 spiro atoms. The maximum Gasteiger partial charge on any atom is 0.223 e. The van der Waals surface area contributed by atoms with Gasteiger partial charge in [-0.1, -0.05) is 32.6 Å². The molecule has 2 saturated carbocycles. The molecule has 0 aromatic heterocycles. The predicted molar refractivity (Wildman–Crippen MR) is 71.2 cm³/mol. The molecule has 0 aliphatic heterocycles. The summed E-state index contributed by atoms with van der Waals surface area (Å²) >= 11 is 6.14. The van der Waals surface area contributed by atoms with Gasteiger partial charge in [-0.15, -0.1) is 11.6 Å². The SMILES string of the molecule is CC1CCCC(CCl)(NC(=O)C2CCCC2)C1. The first-order valence-electron chi connectivity index (χ1n) is 7.03. The van der Waals surface area contributed by atoms with E-state index in [0.717, 1.165) is 25.7 Å². The lowest BCUT2D eigenvalue weighted by atomic mass is 9.77. The predicted octanol–water partition coefficient (Wildman–Crippen LogP) is 3.48. The number of carbonyl (C=O) groups excluding carboxylic acids is 1. The van der Waals surface area contributed by atoms with E-state index < -0.39 is 0 Å². The third-order valence-corrected chi connectivity index (χ3v) is 4.97. The highest BCUT2D eigenvalue weighted by Crippen LogP contribution is 2.34. The third kappa shape index (κ3) is 3.15. The molecular weight excluding hydrogens is 234 g/mol. The Bertz CT molecular complexity index is 275. The van der Waals surface area contributed by atoms with Crippen LogP contribution in [-0.2, 0) is 4.79 Å². The van der Waals surface area contributed by atoms with Crippen LogP contribution >= 0.6 is 11.6 Å². The van der Waals surface area contributed by atoms with Crippen molar-refractivity contribution in [2.45, 2.75) is 63.8 Å². The van der Waals surface area contributed by atoms with E-state index in [-0.39, 0.29) is 17.4 Å². The average Bonchev–Trinajstić information content (AvgIpc) is 2.82. The van der Waals surface area contributed by atoms with Gasteiger partial charge in [0.2, 0.25) is 5.91 Å². The molecule has 2 aliphatic rings. The molecule has 0 aromatic carbocycles. The number of halogens is 1. The molecule has 2 rings (SSSR count). The maximum absolute atomic E-state index is 12.2. The minimum absolute atomic E-state index is 0.112. The van der Waals surface area contributed by atoms with Crippen LogP contribution in [0.3, 0.4) is 0 Å². The van der Waals surface area contributed by atoms with Gasteiger partial charge in [0.05, 0.1) is 5.54 Å². The van der Waals surface area contributed by atoms with Gasteiger partial charge in [0.25, 0.3) is 0 Å². The summed E-state index contributed by atoms with van der Waals surface area (Å²) in [4.78, 5) is 12.2. The molecule has 0 bridgehead atoms. The van der Waals surface area contributed by atoms with Crippen molar-refractivity contribution in [3.05, 3.63) is 0 Å². The first kappa shape index (κ1) is 13.2. The van der Waals surface area contributed by atoms with E-state index in [9.17, 15) is 4.79 Å². The zero-order chi connectivity index (χ0) is 12.3. The Morgan fingerprint density at radius 1 is 1.29 bits per heavy atom. The van der Waals surface area contributed by atoms with Gasteiger partial charge in [-0.25, -0.2) is 0 Å². The van der Waals surface area contributed by atoms with Crippen molar-refractivity contribution in [3.63, 3.8) is 0 Å². The lowest BCUT2D eigenvalue weighted by Gasteiger charge is -2.40. The van der Waals surface area contributed by atoms with Crippen molar-refractivity contribution >= 4 is 17.5 Å². The first-order chi connectivity index (χ1) is 8.15. The molecule has 1 N–H and O–H groups in total. The summed E-state index contributed by atoms with van der Waals surface area (Å²) in [5.41, 5.74) is -0.112. The van der Waals surface area contributed by atoms with Crippen LogP contribution in [0.1, 0.15) is 58.3 Å². The molecule has 0 heterocycles. The molecule has 2 nitrogen and oxygen atoms in total. The first-order valence-corrected chi connectivity index (χ1v) is 7.57. The van der Waals surface area contributed by atoms with Crippen molar-refractivity contribution in [1.82, 2.24) is 5.32 Å². The Balaban J connectivity index is 1.95. The fourth-order valence-corrected chi connectivity index (χ4v) is 3.79. The maximum atomic E-state index is 12.2. The van der Waals surface area contributed by atoms with E-state index in [0.29, 0.717) is 11.8 Å². The summed E-state index contributed by atoms with van der Waals surface area (Å²) in [6, 6.07) is 0. The van der Waals surface area contributed by atoms with Crippen molar-refractivity contribution < 1.29 is 4.79 Å². The Morgan fingerprint density at radius 2 is 2.00 bits per heavy atom. The van der Waals surface area contributed by atoms with Crippen LogP contribution in [-0.4, -0.2) is 17.3 Å². The lowest BCUT2D eigenvalue weighted by molar-refractivity contribution is -0.127. The second kappa shape index (κ2) is 5.60. The van der Waals surface area contributed by atoms with Crippen LogP contribution in [0.2, 0.25) is 0 Å². The van der Waals surface area contributed by atoms with Gasteiger partial charge >= 0.3 is 0 Å². The summed E-state index contributed by atoms with van der Waals surface area (Å²) in [6.07, 6.45) is 9.13. The van der Waals surface area contributed by atoms with Gasteiger partial charge in [-0.05, 0) is 31.6 Å². The molecule has 0 radical (unpaired) electrons.